The predicted molar refractivity (Wildman–Crippen MR) is 238 cm³/mol. The maximum atomic E-state index is 2.51. The van der Waals surface area contributed by atoms with Crippen LogP contribution in [0.4, 0.5) is 34.1 Å². The van der Waals surface area contributed by atoms with E-state index < -0.39 is 8.07 Å². The van der Waals surface area contributed by atoms with Crippen molar-refractivity contribution in [3.05, 3.63) is 193 Å². The van der Waals surface area contributed by atoms with Gasteiger partial charge in [0.1, 0.15) is 8.07 Å². The van der Waals surface area contributed by atoms with Crippen LogP contribution in [0.1, 0.15) is 67.6 Å². The van der Waals surface area contributed by atoms with E-state index in [0.29, 0.717) is 5.92 Å². The summed E-state index contributed by atoms with van der Waals surface area (Å²) in [5.74, 6) is 0.949. The number of hydrogen-bond acceptors (Lipinski definition) is 2. The summed E-state index contributed by atoms with van der Waals surface area (Å²) in [4.78, 5) is 4.86. The number of anilines is 6. The smallest absolute Gasteiger partial charge is 0.116 e. The molecule has 1 unspecified atom stereocenters. The van der Waals surface area contributed by atoms with Gasteiger partial charge in [0.25, 0.3) is 0 Å². The van der Waals surface area contributed by atoms with E-state index in [-0.39, 0.29) is 5.92 Å². The number of rotatable bonds is 9. The van der Waals surface area contributed by atoms with E-state index in [0.717, 1.165) is 0 Å². The maximum absolute atomic E-state index is 2.51. The monoisotopic (exact) mass is 730 g/mol. The number of benzene rings is 7. The van der Waals surface area contributed by atoms with Gasteiger partial charge in [0.2, 0.25) is 0 Å². The van der Waals surface area contributed by atoms with Crippen LogP contribution in [0.3, 0.4) is 0 Å². The summed E-state index contributed by atoms with van der Waals surface area (Å²) in [6, 6.07) is 65.5. The molecule has 0 aromatic heterocycles. The second-order valence-corrected chi connectivity index (χ2v) is 20.3. The fourth-order valence-electron chi connectivity index (χ4n) is 9.38. The SMILES string of the molecule is CC(c1ccc(N(c2ccccc2)c2ccc(C3CCCCC3)cc2)cc1)c1ccc(N(c2ccccc2)c2cccc3c2[Si](C)(C)c2ccccc2-3)cc1. The van der Waals surface area contributed by atoms with Crippen molar-refractivity contribution in [2.75, 3.05) is 9.80 Å². The summed E-state index contributed by atoms with van der Waals surface area (Å²) < 4.78 is 0. The predicted octanol–water partition coefficient (Wildman–Crippen LogP) is 13.6. The molecule has 0 N–H and O–H groups in total. The minimum absolute atomic E-state index is 0.245. The van der Waals surface area contributed by atoms with Gasteiger partial charge < -0.3 is 9.80 Å². The van der Waals surface area contributed by atoms with Crippen LogP contribution in [0.25, 0.3) is 11.1 Å². The molecule has 1 fully saturated rings. The van der Waals surface area contributed by atoms with Gasteiger partial charge in [0.15, 0.2) is 0 Å². The van der Waals surface area contributed by atoms with Gasteiger partial charge >= 0.3 is 0 Å². The average Bonchev–Trinajstić information content (AvgIpc) is 3.49. The van der Waals surface area contributed by atoms with Crippen molar-refractivity contribution in [2.45, 2.75) is 64.0 Å². The Kier molecular flexibility index (Phi) is 9.49. The third kappa shape index (κ3) is 6.61. The largest absolute Gasteiger partial charge is 0.311 e. The summed E-state index contributed by atoms with van der Waals surface area (Å²) in [5.41, 5.74) is 14.1. The molecule has 1 aliphatic heterocycles. The van der Waals surface area contributed by atoms with Crippen LogP contribution in [0.2, 0.25) is 13.1 Å². The molecule has 1 heterocycles. The molecule has 7 aromatic rings. The van der Waals surface area contributed by atoms with E-state index in [1.54, 1.807) is 0 Å². The lowest BCUT2D eigenvalue weighted by atomic mass is 9.84. The van der Waals surface area contributed by atoms with E-state index in [1.807, 2.05) is 0 Å². The molecule has 2 aliphatic rings. The fraction of sp³-hybridized carbons (Fsp3) is 0.192. The number of para-hydroxylation sites is 2. The first-order chi connectivity index (χ1) is 27.0. The van der Waals surface area contributed by atoms with Crippen molar-refractivity contribution < 1.29 is 0 Å². The topological polar surface area (TPSA) is 6.48 Å². The van der Waals surface area contributed by atoms with Gasteiger partial charge in [-0.3, -0.25) is 0 Å². The minimum Gasteiger partial charge on any atom is -0.311 e. The van der Waals surface area contributed by atoms with Crippen LogP contribution in [-0.4, -0.2) is 8.07 Å². The Morgan fingerprint density at radius 1 is 0.455 bits per heavy atom. The number of hydrogen-bond donors (Lipinski definition) is 0. The lowest BCUT2D eigenvalue weighted by Gasteiger charge is -2.31. The molecule has 1 atom stereocenters. The van der Waals surface area contributed by atoms with Gasteiger partial charge in [0, 0.05) is 40.0 Å². The zero-order chi connectivity index (χ0) is 37.4. The molecular weight excluding hydrogens is 681 g/mol. The first-order valence-corrected chi connectivity index (χ1v) is 23.2. The molecule has 9 rings (SSSR count). The highest BCUT2D eigenvalue weighted by Crippen LogP contribution is 2.41. The van der Waals surface area contributed by atoms with Crippen LogP contribution in [-0.2, 0) is 0 Å². The van der Waals surface area contributed by atoms with Gasteiger partial charge in [0.05, 0.1) is 0 Å². The molecule has 272 valence electrons. The molecule has 55 heavy (non-hydrogen) atoms. The Hall–Kier alpha value is -5.64. The van der Waals surface area contributed by atoms with Crippen LogP contribution >= 0.6 is 0 Å². The van der Waals surface area contributed by atoms with E-state index in [9.17, 15) is 0 Å². The van der Waals surface area contributed by atoms with Crippen LogP contribution in [0, 0.1) is 0 Å². The highest BCUT2D eigenvalue weighted by atomic mass is 28.3. The summed E-state index contributed by atoms with van der Waals surface area (Å²) >= 11 is 0. The van der Waals surface area contributed by atoms with E-state index in [4.69, 9.17) is 0 Å². The second kappa shape index (κ2) is 14.9. The van der Waals surface area contributed by atoms with Gasteiger partial charge in [-0.05, 0) is 124 Å². The summed E-state index contributed by atoms with van der Waals surface area (Å²) in [6.45, 7) is 7.34. The average molecular weight is 731 g/mol. The third-order valence-electron chi connectivity index (χ3n) is 12.4. The molecule has 1 aliphatic carbocycles. The van der Waals surface area contributed by atoms with Crippen molar-refractivity contribution in [1.82, 2.24) is 0 Å². The molecule has 0 radical (unpaired) electrons. The van der Waals surface area contributed by atoms with Gasteiger partial charge in [-0.1, -0.05) is 148 Å². The first kappa shape index (κ1) is 35.1. The highest BCUT2D eigenvalue weighted by Gasteiger charge is 2.40. The molecule has 0 amide bonds. The molecule has 0 saturated heterocycles. The van der Waals surface area contributed by atoms with Crippen molar-refractivity contribution in [3.63, 3.8) is 0 Å². The Morgan fingerprint density at radius 3 is 1.53 bits per heavy atom. The zero-order valence-corrected chi connectivity index (χ0v) is 33.3. The summed E-state index contributed by atoms with van der Waals surface area (Å²) in [5, 5.41) is 3.04. The zero-order valence-electron chi connectivity index (χ0n) is 32.3. The Labute approximate surface area is 328 Å². The molecule has 1 saturated carbocycles. The lowest BCUT2D eigenvalue weighted by molar-refractivity contribution is 0.443. The third-order valence-corrected chi connectivity index (χ3v) is 15.9. The van der Waals surface area contributed by atoms with Crippen molar-refractivity contribution in [3.8, 4) is 11.1 Å². The van der Waals surface area contributed by atoms with Crippen LogP contribution in [0.5, 0.6) is 0 Å². The van der Waals surface area contributed by atoms with Crippen LogP contribution in [0.15, 0.2) is 176 Å². The Bertz CT molecular complexity index is 2380. The van der Waals surface area contributed by atoms with Gasteiger partial charge in [-0.25, -0.2) is 0 Å². The molecule has 7 aromatic carbocycles. The Balaban J connectivity index is 1.01. The van der Waals surface area contributed by atoms with Crippen molar-refractivity contribution >= 4 is 52.6 Å². The van der Waals surface area contributed by atoms with Crippen molar-refractivity contribution in [2.24, 2.45) is 0 Å². The number of fused-ring (bicyclic) bond motifs is 3. The van der Waals surface area contributed by atoms with Gasteiger partial charge in [-0.2, -0.15) is 0 Å². The fourth-order valence-corrected chi connectivity index (χ4v) is 12.8. The van der Waals surface area contributed by atoms with E-state index in [1.165, 1.54) is 104 Å². The van der Waals surface area contributed by atoms with E-state index >= 15 is 0 Å². The first-order valence-electron chi connectivity index (χ1n) is 20.2. The lowest BCUT2D eigenvalue weighted by Crippen LogP contribution is -2.50. The molecular formula is C52H50N2Si. The Morgan fingerprint density at radius 2 is 0.927 bits per heavy atom. The molecule has 0 spiro atoms. The van der Waals surface area contributed by atoms with Crippen molar-refractivity contribution in [1.29, 1.82) is 0 Å². The van der Waals surface area contributed by atoms with Crippen LogP contribution < -0.4 is 20.2 Å². The van der Waals surface area contributed by atoms with E-state index in [2.05, 4.69) is 206 Å². The van der Waals surface area contributed by atoms with Gasteiger partial charge in [-0.15, -0.1) is 0 Å². The quantitative estimate of drug-likeness (QED) is 0.136. The summed E-state index contributed by atoms with van der Waals surface area (Å²) in [7, 11) is -1.94. The minimum atomic E-state index is -1.94. The normalized spacial score (nSPS) is 15.2. The highest BCUT2D eigenvalue weighted by molar-refractivity contribution is 7.04. The standard InChI is InChI=1S/C52H50N2Si/c1-38(39-26-32-45(33-27-39)53(43-18-9-5-10-19-43)46-36-30-42(31-37-46)41-16-7-4-8-17-41)40-28-34-47(35-29-40)54(44-20-11-6-12-21-44)50-24-15-23-49-48-22-13-14-25-51(48)55(2,3)52(49)50/h5-6,9-15,18-38,41H,4,7-8,16-17H2,1-3H3. The molecule has 0 bridgehead atoms. The second-order valence-electron chi connectivity index (χ2n) is 16.0. The maximum Gasteiger partial charge on any atom is 0.116 e. The molecule has 2 nitrogen and oxygen atoms in total. The number of nitrogens with zero attached hydrogens (tertiary/aromatic N) is 2. The summed E-state index contributed by atoms with van der Waals surface area (Å²) in [6.07, 6.45) is 6.73. The molecule has 3 heteroatoms.